The molecule has 0 amide bonds. The van der Waals surface area contributed by atoms with Gasteiger partial charge in [-0.05, 0) is 37.4 Å². The van der Waals surface area contributed by atoms with E-state index >= 15 is 0 Å². The molecule has 2 N–H and O–H groups in total. The van der Waals surface area contributed by atoms with Crippen LogP contribution in [0.25, 0.3) is 0 Å². The minimum Gasteiger partial charge on any atom is -0.329 e. The van der Waals surface area contributed by atoms with E-state index in [4.69, 9.17) is 5.73 Å². The molecule has 1 aliphatic rings. The summed E-state index contributed by atoms with van der Waals surface area (Å²) in [4.78, 5) is 5.20. The number of hydrogen-bond donors (Lipinski definition) is 1. The smallest absolute Gasteiger partial charge is 0.0237 e. The summed E-state index contributed by atoms with van der Waals surface area (Å²) >= 11 is 0. The number of likely N-dealkylation sites (tertiary alicyclic amines) is 1. The highest BCUT2D eigenvalue weighted by molar-refractivity contribution is 5.14. The number of nitrogens with zero attached hydrogens (tertiary/aromatic N) is 2. The zero-order valence-corrected chi connectivity index (χ0v) is 13.7. The van der Waals surface area contributed by atoms with Crippen LogP contribution in [0.3, 0.4) is 0 Å². The molecule has 1 aromatic carbocycles. The van der Waals surface area contributed by atoms with Crippen LogP contribution in [-0.2, 0) is 6.54 Å². The van der Waals surface area contributed by atoms with E-state index in [-0.39, 0.29) is 0 Å². The summed E-state index contributed by atoms with van der Waals surface area (Å²) in [6.45, 7) is 11.1. The Morgan fingerprint density at radius 3 is 2.43 bits per heavy atom. The maximum atomic E-state index is 5.83. The first-order chi connectivity index (χ1) is 10.2. The Hall–Kier alpha value is -0.900. The predicted octanol–water partition coefficient (Wildman–Crippen LogP) is 2.57. The largest absolute Gasteiger partial charge is 0.329 e. The molecule has 118 valence electrons. The van der Waals surface area contributed by atoms with E-state index in [1.54, 1.807) is 0 Å². The Kier molecular flexibility index (Phi) is 6.68. The minimum absolute atomic E-state index is 0.692. The molecule has 0 saturated carbocycles. The quantitative estimate of drug-likeness (QED) is 0.837. The molecule has 0 atom stereocenters. The van der Waals surface area contributed by atoms with Crippen molar-refractivity contribution in [3.05, 3.63) is 35.9 Å². The highest BCUT2D eigenvalue weighted by Crippen LogP contribution is 2.19. The molecule has 2 rings (SSSR count). The van der Waals surface area contributed by atoms with Crippen LogP contribution in [-0.4, -0.2) is 48.6 Å². The monoisotopic (exact) mass is 289 g/mol. The molecule has 0 aliphatic carbocycles. The van der Waals surface area contributed by atoms with Crippen molar-refractivity contribution in [2.45, 2.75) is 39.3 Å². The molecule has 1 fully saturated rings. The van der Waals surface area contributed by atoms with Gasteiger partial charge in [0, 0.05) is 32.2 Å². The maximum Gasteiger partial charge on any atom is 0.0237 e. The number of nitrogens with two attached hydrogens (primary N) is 1. The zero-order valence-electron chi connectivity index (χ0n) is 13.7. The number of rotatable bonds is 7. The number of piperidine rings is 1. The van der Waals surface area contributed by atoms with Gasteiger partial charge in [0.15, 0.2) is 0 Å². The fourth-order valence-corrected chi connectivity index (χ4v) is 3.36. The van der Waals surface area contributed by atoms with E-state index in [1.165, 1.54) is 38.0 Å². The standard InChI is InChI=1S/C18H31N3/c1-16(2)14-20-11-8-18(9-12-20)21(13-10-19)15-17-6-4-3-5-7-17/h3-7,16,18H,8-15,19H2,1-2H3. The molecule has 0 unspecified atom stereocenters. The summed E-state index contributed by atoms with van der Waals surface area (Å²) in [5.41, 5.74) is 7.23. The van der Waals surface area contributed by atoms with Gasteiger partial charge in [0.05, 0.1) is 0 Å². The van der Waals surface area contributed by atoms with E-state index in [1.807, 2.05) is 0 Å². The summed E-state index contributed by atoms with van der Waals surface area (Å²) in [5.74, 6) is 0.769. The molecule has 1 aliphatic heterocycles. The van der Waals surface area contributed by atoms with Crippen molar-refractivity contribution in [1.82, 2.24) is 9.80 Å². The summed E-state index contributed by atoms with van der Waals surface area (Å²) in [7, 11) is 0. The lowest BCUT2D eigenvalue weighted by molar-refractivity contribution is 0.0987. The van der Waals surface area contributed by atoms with E-state index in [2.05, 4.69) is 54.0 Å². The van der Waals surface area contributed by atoms with Crippen LogP contribution in [0.1, 0.15) is 32.3 Å². The lowest BCUT2D eigenvalue weighted by Gasteiger charge is -2.39. The fraction of sp³-hybridized carbons (Fsp3) is 0.667. The molecule has 3 heteroatoms. The van der Waals surface area contributed by atoms with Crippen LogP contribution in [0.5, 0.6) is 0 Å². The van der Waals surface area contributed by atoms with Gasteiger partial charge in [-0.1, -0.05) is 44.2 Å². The second-order valence-electron chi connectivity index (χ2n) is 6.67. The molecule has 1 heterocycles. The van der Waals surface area contributed by atoms with Gasteiger partial charge < -0.3 is 10.6 Å². The van der Waals surface area contributed by atoms with Gasteiger partial charge in [0.2, 0.25) is 0 Å². The topological polar surface area (TPSA) is 32.5 Å². The summed E-state index contributed by atoms with van der Waals surface area (Å²) < 4.78 is 0. The molecule has 0 radical (unpaired) electrons. The van der Waals surface area contributed by atoms with Crippen molar-refractivity contribution >= 4 is 0 Å². The predicted molar refractivity (Wildman–Crippen MR) is 90.2 cm³/mol. The highest BCUT2D eigenvalue weighted by atomic mass is 15.2. The van der Waals surface area contributed by atoms with Crippen LogP contribution >= 0.6 is 0 Å². The van der Waals surface area contributed by atoms with Crippen molar-refractivity contribution in [3.63, 3.8) is 0 Å². The average Bonchev–Trinajstić information content (AvgIpc) is 2.48. The fourth-order valence-electron chi connectivity index (χ4n) is 3.36. The van der Waals surface area contributed by atoms with E-state index in [9.17, 15) is 0 Å². The lowest BCUT2D eigenvalue weighted by atomic mass is 10.0. The third kappa shape index (κ3) is 5.42. The Morgan fingerprint density at radius 2 is 1.86 bits per heavy atom. The van der Waals surface area contributed by atoms with Crippen molar-refractivity contribution in [2.24, 2.45) is 11.7 Å². The highest BCUT2D eigenvalue weighted by Gasteiger charge is 2.24. The third-order valence-corrected chi connectivity index (χ3v) is 4.34. The SMILES string of the molecule is CC(C)CN1CCC(N(CCN)Cc2ccccc2)CC1. The van der Waals surface area contributed by atoms with E-state index in [0.717, 1.165) is 25.6 Å². The molecule has 0 bridgehead atoms. The van der Waals surface area contributed by atoms with Crippen LogP contribution in [0.15, 0.2) is 30.3 Å². The van der Waals surface area contributed by atoms with Crippen molar-refractivity contribution in [1.29, 1.82) is 0 Å². The molecule has 0 spiro atoms. The third-order valence-electron chi connectivity index (χ3n) is 4.34. The van der Waals surface area contributed by atoms with Gasteiger partial charge in [-0.3, -0.25) is 4.90 Å². The molecule has 1 saturated heterocycles. The first-order valence-electron chi connectivity index (χ1n) is 8.39. The molecule has 0 aromatic heterocycles. The van der Waals surface area contributed by atoms with Crippen molar-refractivity contribution < 1.29 is 0 Å². The number of benzene rings is 1. The Balaban J connectivity index is 1.88. The molecule has 3 nitrogen and oxygen atoms in total. The Morgan fingerprint density at radius 1 is 1.19 bits per heavy atom. The first-order valence-corrected chi connectivity index (χ1v) is 8.39. The normalized spacial score (nSPS) is 17.8. The zero-order chi connectivity index (χ0) is 15.1. The van der Waals surface area contributed by atoms with Crippen LogP contribution in [0.2, 0.25) is 0 Å². The first kappa shape index (κ1) is 16.5. The second-order valence-corrected chi connectivity index (χ2v) is 6.67. The minimum atomic E-state index is 0.692. The average molecular weight is 289 g/mol. The molecule has 21 heavy (non-hydrogen) atoms. The van der Waals surface area contributed by atoms with Crippen LogP contribution in [0, 0.1) is 5.92 Å². The maximum absolute atomic E-state index is 5.83. The molecule has 1 aromatic rings. The van der Waals surface area contributed by atoms with Gasteiger partial charge in [-0.2, -0.15) is 0 Å². The van der Waals surface area contributed by atoms with Gasteiger partial charge >= 0.3 is 0 Å². The Labute approximate surface area is 130 Å². The lowest BCUT2D eigenvalue weighted by Crippen LogP contribution is -2.46. The summed E-state index contributed by atoms with van der Waals surface area (Å²) in [6, 6.07) is 11.5. The summed E-state index contributed by atoms with van der Waals surface area (Å²) in [5, 5.41) is 0. The van der Waals surface area contributed by atoms with Crippen LogP contribution < -0.4 is 5.73 Å². The summed E-state index contributed by atoms with van der Waals surface area (Å²) in [6.07, 6.45) is 2.55. The number of hydrogen-bond acceptors (Lipinski definition) is 3. The van der Waals surface area contributed by atoms with Crippen molar-refractivity contribution in [3.8, 4) is 0 Å². The second kappa shape index (κ2) is 8.52. The molecular weight excluding hydrogens is 258 g/mol. The molecular formula is C18H31N3. The van der Waals surface area contributed by atoms with Gasteiger partial charge in [0.25, 0.3) is 0 Å². The van der Waals surface area contributed by atoms with Gasteiger partial charge in [-0.25, -0.2) is 0 Å². The van der Waals surface area contributed by atoms with Crippen molar-refractivity contribution in [2.75, 3.05) is 32.7 Å². The van der Waals surface area contributed by atoms with Gasteiger partial charge in [-0.15, -0.1) is 0 Å². The Bertz CT molecular complexity index is 383. The van der Waals surface area contributed by atoms with Gasteiger partial charge in [0.1, 0.15) is 0 Å². The van der Waals surface area contributed by atoms with E-state index < -0.39 is 0 Å². The van der Waals surface area contributed by atoms with Crippen LogP contribution in [0.4, 0.5) is 0 Å². The van der Waals surface area contributed by atoms with E-state index in [0.29, 0.717) is 6.04 Å².